The Morgan fingerprint density at radius 2 is 2.50 bits per heavy atom. The summed E-state index contributed by atoms with van der Waals surface area (Å²) in [6.07, 6.45) is 4.63. The molecule has 47 valence electrons. The van der Waals surface area contributed by atoms with E-state index in [0.717, 1.165) is 12.2 Å². The van der Waals surface area contributed by atoms with Gasteiger partial charge in [-0.15, -0.1) is 0 Å². The normalized spacial score (nSPS) is 13.2. The van der Waals surface area contributed by atoms with Crippen LogP contribution in [0, 0.1) is 0 Å². The summed E-state index contributed by atoms with van der Waals surface area (Å²) in [5, 5.41) is -0.178. The Labute approximate surface area is 59.6 Å². The molecule has 0 fully saturated rings. The summed E-state index contributed by atoms with van der Waals surface area (Å²) in [7, 11) is 0. The highest BCUT2D eigenvalue weighted by molar-refractivity contribution is 7.98. The summed E-state index contributed by atoms with van der Waals surface area (Å²) < 4.78 is 0. The van der Waals surface area contributed by atoms with Crippen LogP contribution in [0.1, 0.15) is 6.42 Å². The maximum atomic E-state index is 9.80. The maximum absolute atomic E-state index is 9.80. The molecule has 0 N–H and O–H groups in total. The van der Waals surface area contributed by atoms with E-state index in [1.807, 2.05) is 6.26 Å². The predicted molar refractivity (Wildman–Crippen MR) is 41.5 cm³/mol. The van der Waals surface area contributed by atoms with Crippen LogP contribution in [-0.4, -0.2) is 23.5 Å². The minimum Gasteiger partial charge on any atom is -0.290 e. The van der Waals surface area contributed by atoms with Crippen molar-refractivity contribution in [3.8, 4) is 0 Å². The Morgan fingerprint density at radius 3 is 2.88 bits per heavy atom. The molecule has 1 atom stereocenters. The standard InChI is InChI=1S/C5H9OS2/c1-8-3-2-5(7)4-6/h5,7H,2-3H2,1H3. The Morgan fingerprint density at radius 1 is 1.88 bits per heavy atom. The topological polar surface area (TPSA) is 17.1 Å². The van der Waals surface area contributed by atoms with E-state index in [1.54, 1.807) is 18.0 Å². The van der Waals surface area contributed by atoms with Crippen molar-refractivity contribution >= 4 is 30.7 Å². The SMILES string of the molecule is CSCCC(S)[C]=O. The van der Waals surface area contributed by atoms with Gasteiger partial charge < -0.3 is 0 Å². The van der Waals surface area contributed by atoms with Crippen LogP contribution < -0.4 is 0 Å². The minimum atomic E-state index is -0.178. The molecule has 0 spiro atoms. The van der Waals surface area contributed by atoms with Crippen LogP contribution in [0.5, 0.6) is 0 Å². The van der Waals surface area contributed by atoms with Crippen LogP contribution in [0.15, 0.2) is 0 Å². The van der Waals surface area contributed by atoms with Gasteiger partial charge in [0.1, 0.15) is 0 Å². The third-order valence-corrected chi connectivity index (χ3v) is 1.74. The average molecular weight is 149 g/mol. The van der Waals surface area contributed by atoms with Gasteiger partial charge in [-0.1, -0.05) is 0 Å². The lowest BCUT2D eigenvalue weighted by molar-refractivity contribution is 0.552. The van der Waals surface area contributed by atoms with Gasteiger partial charge in [0.15, 0.2) is 0 Å². The van der Waals surface area contributed by atoms with Gasteiger partial charge in [-0.3, -0.25) is 4.79 Å². The fourth-order valence-corrected chi connectivity index (χ4v) is 1.06. The number of thiol groups is 1. The summed E-state index contributed by atoms with van der Waals surface area (Å²) in [5.41, 5.74) is 0. The monoisotopic (exact) mass is 149 g/mol. The fraction of sp³-hybridized carbons (Fsp3) is 0.800. The van der Waals surface area contributed by atoms with Crippen LogP contribution in [0.2, 0.25) is 0 Å². The lowest BCUT2D eigenvalue weighted by Crippen LogP contribution is -2.00. The van der Waals surface area contributed by atoms with E-state index >= 15 is 0 Å². The van der Waals surface area contributed by atoms with Gasteiger partial charge in [-0.05, 0) is 18.4 Å². The second-order valence-corrected chi connectivity index (χ2v) is 3.02. The molecule has 0 aromatic heterocycles. The largest absolute Gasteiger partial charge is 0.290 e. The smallest absolute Gasteiger partial charge is 0.212 e. The van der Waals surface area contributed by atoms with Crippen molar-refractivity contribution in [3.05, 3.63) is 0 Å². The Bertz CT molecular complexity index is 65.4. The third kappa shape index (κ3) is 4.53. The van der Waals surface area contributed by atoms with Crippen LogP contribution in [0.4, 0.5) is 0 Å². The molecule has 0 amide bonds. The quantitative estimate of drug-likeness (QED) is 0.604. The fourth-order valence-electron chi connectivity index (χ4n) is 0.288. The van der Waals surface area contributed by atoms with E-state index in [9.17, 15) is 4.79 Å². The summed E-state index contributed by atoms with van der Waals surface area (Å²) in [4.78, 5) is 9.80. The molecule has 0 bridgehead atoms. The van der Waals surface area contributed by atoms with E-state index < -0.39 is 0 Å². The second-order valence-electron chi connectivity index (χ2n) is 1.42. The predicted octanol–water partition coefficient (Wildman–Crippen LogP) is 1.15. The van der Waals surface area contributed by atoms with Gasteiger partial charge in [0, 0.05) is 0 Å². The molecule has 0 aromatic carbocycles. The lowest BCUT2D eigenvalue weighted by atomic mass is 10.4. The highest BCUT2D eigenvalue weighted by atomic mass is 32.2. The zero-order valence-electron chi connectivity index (χ0n) is 4.76. The number of thioether (sulfide) groups is 1. The molecule has 0 heterocycles. The first-order valence-electron chi connectivity index (χ1n) is 2.36. The Hall–Kier alpha value is 0.370. The van der Waals surface area contributed by atoms with Crippen LogP contribution >= 0.6 is 24.4 Å². The molecule has 1 unspecified atom stereocenters. The Balaban J connectivity index is 2.98. The summed E-state index contributed by atoms with van der Waals surface area (Å²) in [5.74, 6) is 0.989. The molecule has 0 aliphatic carbocycles. The van der Waals surface area contributed by atoms with Crippen LogP contribution in [0.25, 0.3) is 0 Å². The van der Waals surface area contributed by atoms with E-state index in [1.165, 1.54) is 0 Å². The van der Waals surface area contributed by atoms with Crippen molar-refractivity contribution in [2.45, 2.75) is 11.7 Å². The first-order valence-corrected chi connectivity index (χ1v) is 4.27. The van der Waals surface area contributed by atoms with E-state index in [-0.39, 0.29) is 5.25 Å². The van der Waals surface area contributed by atoms with Crippen molar-refractivity contribution < 1.29 is 4.79 Å². The highest BCUT2D eigenvalue weighted by Gasteiger charge is 1.98. The molecule has 0 rings (SSSR count). The molecule has 0 saturated heterocycles. The van der Waals surface area contributed by atoms with Gasteiger partial charge in [-0.2, -0.15) is 24.4 Å². The van der Waals surface area contributed by atoms with Crippen LogP contribution in [-0.2, 0) is 4.79 Å². The summed E-state index contributed by atoms with van der Waals surface area (Å²) >= 11 is 5.64. The zero-order valence-corrected chi connectivity index (χ0v) is 6.47. The molecule has 0 saturated carbocycles. The molecular formula is C5H9OS2. The number of rotatable bonds is 4. The molecular weight excluding hydrogens is 140 g/mol. The van der Waals surface area contributed by atoms with Crippen molar-refractivity contribution in [1.29, 1.82) is 0 Å². The summed E-state index contributed by atoms with van der Waals surface area (Å²) in [6.45, 7) is 0. The number of hydrogen-bond donors (Lipinski definition) is 1. The maximum Gasteiger partial charge on any atom is 0.212 e. The van der Waals surface area contributed by atoms with E-state index in [0.29, 0.717) is 0 Å². The first-order chi connectivity index (χ1) is 3.81. The van der Waals surface area contributed by atoms with Gasteiger partial charge in [-0.25, -0.2) is 0 Å². The molecule has 1 radical (unpaired) electrons. The van der Waals surface area contributed by atoms with Crippen LogP contribution in [0.3, 0.4) is 0 Å². The highest BCUT2D eigenvalue weighted by Crippen LogP contribution is 2.02. The molecule has 0 aromatic rings. The first kappa shape index (κ1) is 8.37. The second kappa shape index (κ2) is 5.51. The lowest BCUT2D eigenvalue weighted by Gasteiger charge is -1.96. The Kier molecular flexibility index (Phi) is 5.76. The van der Waals surface area contributed by atoms with Gasteiger partial charge in [0.25, 0.3) is 0 Å². The van der Waals surface area contributed by atoms with Crippen molar-refractivity contribution in [2.24, 2.45) is 0 Å². The van der Waals surface area contributed by atoms with Gasteiger partial charge >= 0.3 is 0 Å². The van der Waals surface area contributed by atoms with Crippen molar-refractivity contribution in [1.82, 2.24) is 0 Å². The third-order valence-electron chi connectivity index (χ3n) is 0.731. The van der Waals surface area contributed by atoms with E-state index in [4.69, 9.17) is 0 Å². The summed E-state index contributed by atoms with van der Waals surface area (Å²) in [6, 6.07) is 0. The molecule has 8 heavy (non-hydrogen) atoms. The van der Waals surface area contributed by atoms with Crippen molar-refractivity contribution in [2.75, 3.05) is 12.0 Å². The molecule has 3 heteroatoms. The molecule has 1 nitrogen and oxygen atoms in total. The minimum absolute atomic E-state index is 0.178. The average Bonchev–Trinajstić information content (AvgIpc) is 1.83. The zero-order chi connectivity index (χ0) is 6.41. The van der Waals surface area contributed by atoms with E-state index in [2.05, 4.69) is 12.6 Å². The number of carbonyl (C=O) groups excluding carboxylic acids is 1. The van der Waals surface area contributed by atoms with Crippen molar-refractivity contribution in [3.63, 3.8) is 0 Å². The van der Waals surface area contributed by atoms with Gasteiger partial charge in [0.05, 0.1) is 5.25 Å². The van der Waals surface area contributed by atoms with Gasteiger partial charge in [0.2, 0.25) is 6.29 Å². The number of hydrogen-bond acceptors (Lipinski definition) is 3. The molecule has 0 aliphatic rings. The molecule has 0 aliphatic heterocycles.